The zero-order valence-electron chi connectivity index (χ0n) is 13.1. The van der Waals surface area contributed by atoms with Crippen molar-refractivity contribution < 1.29 is 5.11 Å². The molecule has 8 heteroatoms. The highest BCUT2D eigenvalue weighted by molar-refractivity contribution is 7.12. The first kappa shape index (κ1) is 14.9. The highest BCUT2D eigenvalue weighted by atomic mass is 32.1. The summed E-state index contributed by atoms with van der Waals surface area (Å²) >= 11 is 1.49. The van der Waals surface area contributed by atoms with E-state index in [0.717, 1.165) is 16.4 Å². The molecule has 4 heterocycles. The number of fused-ring (bicyclic) bond motifs is 1. The van der Waals surface area contributed by atoms with Crippen molar-refractivity contribution in [2.75, 3.05) is 0 Å². The summed E-state index contributed by atoms with van der Waals surface area (Å²) in [5.41, 5.74) is 1.10. The van der Waals surface area contributed by atoms with Gasteiger partial charge in [-0.15, -0.1) is 11.3 Å². The average molecular weight is 338 g/mol. The Morgan fingerprint density at radius 1 is 1.08 bits per heavy atom. The lowest BCUT2D eigenvalue weighted by Crippen LogP contribution is -2.18. The number of rotatable bonds is 3. The zero-order valence-corrected chi connectivity index (χ0v) is 13.9. The molecule has 0 spiro atoms. The number of hydrogen-bond donors (Lipinski definition) is 1. The van der Waals surface area contributed by atoms with Gasteiger partial charge in [-0.05, 0) is 26.0 Å². The second-order valence-electron chi connectivity index (χ2n) is 5.79. The molecule has 0 fully saturated rings. The van der Waals surface area contributed by atoms with E-state index < -0.39 is 5.60 Å². The van der Waals surface area contributed by atoms with E-state index in [9.17, 15) is 5.11 Å². The SMILES string of the molecule is CC(C)(O)c1ccn2c(-c3ccnc(-c4nccs4)n3)cnc2n1. The van der Waals surface area contributed by atoms with Crippen molar-refractivity contribution in [1.29, 1.82) is 0 Å². The van der Waals surface area contributed by atoms with Crippen molar-refractivity contribution in [3.05, 3.63) is 48.0 Å². The van der Waals surface area contributed by atoms with Gasteiger partial charge in [0.1, 0.15) is 5.60 Å². The van der Waals surface area contributed by atoms with E-state index in [1.54, 1.807) is 38.5 Å². The predicted molar refractivity (Wildman–Crippen MR) is 90.4 cm³/mol. The number of aromatic nitrogens is 6. The summed E-state index contributed by atoms with van der Waals surface area (Å²) in [4.78, 5) is 21.8. The van der Waals surface area contributed by atoms with Gasteiger partial charge in [0.2, 0.25) is 5.78 Å². The van der Waals surface area contributed by atoms with Crippen LogP contribution in [0.5, 0.6) is 0 Å². The fourth-order valence-corrected chi connectivity index (χ4v) is 2.92. The molecule has 0 aliphatic heterocycles. The molecule has 0 bridgehead atoms. The molecule has 0 atom stereocenters. The largest absolute Gasteiger partial charge is 0.384 e. The van der Waals surface area contributed by atoms with Gasteiger partial charge in [-0.25, -0.2) is 24.9 Å². The van der Waals surface area contributed by atoms with Gasteiger partial charge in [0.15, 0.2) is 10.8 Å². The molecule has 7 nitrogen and oxygen atoms in total. The number of hydrogen-bond acceptors (Lipinski definition) is 7. The Hall–Kier alpha value is -2.71. The van der Waals surface area contributed by atoms with Gasteiger partial charge < -0.3 is 5.11 Å². The molecule has 0 aliphatic rings. The maximum atomic E-state index is 10.1. The van der Waals surface area contributed by atoms with Crippen molar-refractivity contribution in [2.45, 2.75) is 19.4 Å². The lowest BCUT2D eigenvalue weighted by Gasteiger charge is -2.16. The molecule has 0 amide bonds. The van der Waals surface area contributed by atoms with Crippen LogP contribution in [0.3, 0.4) is 0 Å². The van der Waals surface area contributed by atoms with Crippen LogP contribution in [-0.2, 0) is 5.60 Å². The molecule has 120 valence electrons. The molecule has 1 N–H and O–H groups in total. The number of nitrogens with zero attached hydrogens (tertiary/aromatic N) is 6. The van der Waals surface area contributed by atoms with Crippen LogP contribution in [-0.4, -0.2) is 34.4 Å². The Balaban J connectivity index is 1.81. The van der Waals surface area contributed by atoms with Crippen LogP contribution in [0, 0.1) is 0 Å². The zero-order chi connectivity index (χ0) is 16.7. The molecule has 0 saturated carbocycles. The Morgan fingerprint density at radius 2 is 1.96 bits per heavy atom. The second-order valence-corrected chi connectivity index (χ2v) is 6.68. The fourth-order valence-electron chi connectivity index (χ4n) is 2.34. The maximum Gasteiger partial charge on any atom is 0.234 e. The molecular formula is C16H14N6OS. The van der Waals surface area contributed by atoms with Gasteiger partial charge in [0, 0.05) is 24.0 Å². The second kappa shape index (κ2) is 5.43. The van der Waals surface area contributed by atoms with Gasteiger partial charge in [-0.3, -0.25) is 4.40 Å². The molecule has 0 saturated heterocycles. The number of aliphatic hydroxyl groups is 1. The molecule has 0 aromatic carbocycles. The summed E-state index contributed by atoms with van der Waals surface area (Å²) < 4.78 is 1.84. The van der Waals surface area contributed by atoms with Crippen molar-refractivity contribution in [2.24, 2.45) is 0 Å². The Bertz CT molecular complexity index is 1000. The fraction of sp³-hybridized carbons (Fsp3) is 0.188. The highest BCUT2D eigenvalue weighted by Crippen LogP contribution is 2.24. The monoisotopic (exact) mass is 338 g/mol. The van der Waals surface area contributed by atoms with Crippen molar-refractivity contribution >= 4 is 17.1 Å². The van der Waals surface area contributed by atoms with Crippen molar-refractivity contribution in [1.82, 2.24) is 29.3 Å². The summed E-state index contributed by atoms with van der Waals surface area (Å²) in [6.45, 7) is 3.39. The average Bonchev–Trinajstić information content (AvgIpc) is 3.23. The topological polar surface area (TPSA) is 89.1 Å². The molecule has 24 heavy (non-hydrogen) atoms. The number of imidazole rings is 1. The third kappa shape index (κ3) is 2.55. The summed E-state index contributed by atoms with van der Waals surface area (Å²) in [5, 5.41) is 12.8. The molecule has 4 aromatic rings. The maximum absolute atomic E-state index is 10.1. The smallest absolute Gasteiger partial charge is 0.234 e. The van der Waals surface area contributed by atoms with Crippen LogP contribution in [0.4, 0.5) is 0 Å². The van der Waals surface area contributed by atoms with Crippen molar-refractivity contribution in [3.8, 4) is 22.2 Å². The predicted octanol–water partition coefficient (Wildman–Crippen LogP) is 2.54. The first-order valence-electron chi connectivity index (χ1n) is 7.32. The number of thiazole rings is 1. The van der Waals surface area contributed by atoms with Crippen LogP contribution in [0.15, 0.2) is 42.3 Å². The highest BCUT2D eigenvalue weighted by Gasteiger charge is 2.19. The van der Waals surface area contributed by atoms with Crippen LogP contribution < -0.4 is 0 Å². The summed E-state index contributed by atoms with van der Waals surface area (Å²) in [6, 6.07) is 3.60. The quantitative estimate of drug-likeness (QED) is 0.617. The summed E-state index contributed by atoms with van der Waals surface area (Å²) in [5.74, 6) is 1.09. The van der Waals surface area contributed by atoms with E-state index in [1.165, 1.54) is 11.3 Å². The van der Waals surface area contributed by atoms with Gasteiger partial charge in [-0.2, -0.15) is 0 Å². The lowest BCUT2D eigenvalue weighted by molar-refractivity contribution is 0.0739. The molecule has 4 aromatic heterocycles. The van der Waals surface area contributed by atoms with E-state index in [1.807, 2.05) is 22.0 Å². The first-order valence-corrected chi connectivity index (χ1v) is 8.20. The van der Waals surface area contributed by atoms with E-state index in [2.05, 4.69) is 24.9 Å². The van der Waals surface area contributed by atoms with Crippen LogP contribution in [0.1, 0.15) is 19.5 Å². The normalized spacial score (nSPS) is 12.0. The minimum Gasteiger partial charge on any atom is -0.384 e. The standard InChI is InChI=1S/C16H14N6OS/c1-16(2,23)12-4-7-22-11(9-19-15(22)21-12)10-3-5-17-13(20-10)14-18-6-8-24-14/h3-9,23H,1-2H3. The molecule has 0 unspecified atom stereocenters. The molecular weight excluding hydrogens is 324 g/mol. The van der Waals surface area contributed by atoms with Gasteiger partial charge in [0.25, 0.3) is 0 Å². The van der Waals surface area contributed by atoms with Crippen LogP contribution in [0.25, 0.3) is 28.0 Å². The third-order valence-corrected chi connectivity index (χ3v) is 4.32. The minimum atomic E-state index is -1.01. The molecule has 0 aliphatic carbocycles. The van der Waals surface area contributed by atoms with Crippen LogP contribution >= 0.6 is 11.3 Å². The van der Waals surface area contributed by atoms with E-state index >= 15 is 0 Å². The van der Waals surface area contributed by atoms with Crippen molar-refractivity contribution in [3.63, 3.8) is 0 Å². The van der Waals surface area contributed by atoms with E-state index in [-0.39, 0.29) is 0 Å². The van der Waals surface area contributed by atoms with Gasteiger partial charge >= 0.3 is 0 Å². The van der Waals surface area contributed by atoms with E-state index in [4.69, 9.17) is 0 Å². The molecule has 0 radical (unpaired) electrons. The lowest BCUT2D eigenvalue weighted by atomic mass is 10.1. The summed E-state index contributed by atoms with van der Waals surface area (Å²) in [7, 11) is 0. The minimum absolute atomic E-state index is 0.513. The van der Waals surface area contributed by atoms with Gasteiger partial charge in [0.05, 0.1) is 23.3 Å². The third-order valence-electron chi connectivity index (χ3n) is 3.55. The first-order chi connectivity index (χ1) is 11.5. The van der Waals surface area contributed by atoms with Crippen LogP contribution in [0.2, 0.25) is 0 Å². The van der Waals surface area contributed by atoms with Gasteiger partial charge in [-0.1, -0.05) is 0 Å². The Kier molecular flexibility index (Phi) is 3.36. The summed E-state index contributed by atoms with van der Waals surface area (Å²) in [6.07, 6.45) is 6.98. The molecule has 4 rings (SSSR count). The Labute approximate surface area is 141 Å². The Morgan fingerprint density at radius 3 is 2.71 bits per heavy atom. The van der Waals surface area contributed by atoms with E-state index in [0.29, 0.717) is 17.3 Å².